The normalized spacial score (nSPS) is 20.4. The van der Waals surface area contributed by atoms with E-state index < -0.39 is 11.8 Å². The molecule has 1 saturated heterocycles. The molecule has 1 unspecified atom stereocenters. The van der Waals surface area contributed by atoms with Crippen LogP contribution in [-0.2, 0) is 19.0 Å². The lowest BCUT2D eigenvalue weighted by Crippen LogP contribution is -2.33. The number of hydrogen-bond acceptors (Lipinski definition) is 7. The molecule has 0 saturated carbocycles. The molecule has 1 heterocycles. The zero-order valence-electron chi connectivity index (χ0n) is 14.5. The van der Waals surface area contributed by atoms with Crippen LogP contribution in [0.3, 0.4) is 0 Å². The van der Waals surface area contributed by atoms with Gasteiger partial charge < -0.3 is 19.5 Å². The van der Waals surface area contributed by atoms with E-state index in [0.717, 1.165) is 18.5 Å². The van der Waals surface area contributed by atoms with Gasteiger partial charge in [0.2, 0.25) is 0 Å². The van der Waals surface area contributed by atoms with Gasteiger partial charge in [-0.05, 0) is 53.2 Å². The zero-order valence-corrected chi connectivity index (χ0v) is 15.3. The Bertz CT molecular complexity index is 442. The van der Waals surface area contributed by atoms with Crippen molar-refractivity contribution in [2.24, 2.45) is 0 Å². The Hall–Kier alpha value is -1.21. The van der Waals surface area contributed by atoms with Crippen molar-refractivity contribution in [3.05, 3.63) is 11.6 Å². The molecule has 0 amide bonds. The molecule has 0 aromatic carbocycles. The van der Waals surface area contributed by atoms with Gasteiger partial charge >= 0.3 is 12.1 Å². The molecule has 0 aliphatic carbocycles. The fourth-order valence-electron chi connectivity index (χ4n) is 1.97. The summed E-state index contributed by atoms with van der Waals surface area (Å²) in [6.45, 7) is 10.5. The van der Waals surface area contributed by atoms with Crippen molar-refractivity contribution in [1.82, 2.24) is 5.32 Å². The minimum absolute atomic E-state index is 0.121. The first-order valence-corrected chi connectivity index (χ1v) is 8.81. The first-order chi connectivity index (χ1) is 10.7. The van der Waals surface area contributed by atoms with E-state index in [2.05, 4.69) is 5.32 Å². The summed E-state index contributed by atoms with van der Waals surface area (Å²) in [5.74, 6) is -0.149. The average Bonchev–Trinajstić information content (AvgIpc) is 2.37. The molecule has 132 valence electrons. The quantitative estimate of drug-likeness (QED) is 0.466. The van der Waals surface area contributed by atoms with E-state index in [1.54, 1.807) is 19.9 Å². The van der Waals surface area contributed by atoms with E-state index >= 15 is 0 Å². The summed E-state index contributed by atoms with van der Waals surface area (Å²) in [5, 5.41) is 3.36. The Balaban J connectivity index is 2.51. The van der Waals surface area contributed by atoms with Gasteiger partial charge in [-0.15, -0.1) is 11.8 Å². The summed E-state index contributed by atoms with van der Waals surface area (Å²) in [6.07, 6.45) is 1.54. The molecule has 1 atom stereocenters. The van der Waals surface area contributed by atoms with Crippen molar-refractivity contribution >= 4 is 23.9 Å². The lowest BCUT2D eigenvalue weighted by Gasteiger charge is -2.26. The van der Waals surface area contributed by atoms with Crippen LogP contribution >= 0.6 is 11.8 Å². The van der Waals surface area contributed by atoms with Crippen LogP contribution in [0.1, 0.15) is 41.0 Å². The standard InChI is InChI=1S/C16H27NO5S/c1-11(2)21-15(19)20-10-23-13-6-7-17-9-12(13)8-14(18)22-16(3,4)5/h8,11,13,17H,6-7,9-10H2,1-5H3/b12-8-. The van der Waals surface area contributed by atoms with Crippen molar-refractivity contribution in [3.63, 3.8) is 0 Å². The van der Waals surface area contributed by atoms with Gasteiger partial charge in [-0.1, -0.05) is 0 Å². The SMILES string of the molecule is CC(C)OC(=O)OCSC1CCNC/C1=C/C(=O)OC(C)(C)C. The number of piperidine rings is 1. The molecule has 0 bridgehead atoms. The number of rotatable bonds is 5. The van der Waals surface area contributed by atoms with E-state index in [1.165, 1.54) is 11.8 Å². The summed E-state index contributed by atoms with van der Waals surface area (Å²) in [4.78, 5) is 23.3. The second kappa shape index (κ2) is 9.17. The van der Waals surface area contributed by atoms with Crippen molar-refractivity contribution < 1.29 is 23.8 Å². The van der Waals surface area contributed by atoms with Crippen LogP contribution in [0.4, 0.5) is 4.79 Å². The summed E-state index contributed by atoms with van der Waals surface area (Å²) >= 11 is 1.48. The topological polar surface area (TPSA) is 73.9 Å². The minimum Gasteiger partial charge on any atom is -0.457 e. The van der Waals surface area contributed by atoms with Crippen molar-refractivity contribution in [2.45, 2.75) is 58.0 Å². The second-order valence-electron chi connectivity index (χ2n) is 6.55. The smallest absolute Gasteiger partial charge is 0.457 e. The maximum atomic E-state index is 11.9. The Morgan fingerprint density at radius 1 is 1.39 bits per heavy atom. The number of nitrogens with one attached hydrogen (secondary N) is 1. The molecular formula is C16H27NO5S. The molecule has 0 spiro atoms. The van der Waals surface area contributed by atoms with Gasteiger partial charge in [0.25, 0.3) is 0 Å². The summed E-state index contributed by atoms with van der Waals surface area (Å²) in [7, 11) is 0. The van der Waals surface area contributed by atoms with E-state index in [9.17, 15) is 9.59 Å². The van der Waals surface area contributed by atoms with Gasteiger partial charge in [0.05, 0.1) is 6.10 Å². The summed E-state index contributed by atoms with van der Waals surface area (Å²) < 4.78 is 15.3. The van der Waals surface area contributed by atoms with Crippen LogP contribution in [-0.4, -0.2) is 48.1 Å². The average molecular weight is 345 g/mol. The molecule has 23 heavy (non-hydrogen) atoms. The highest BCUT2D eigenvalue weighted by molar-refractivity contribution is 7.99. The highest BCUT2D eigenvalue weighted by Gasteiger charge is 2.22. The number of thioether (sulfide) groups is 1. The third-order valence-corrected chi connectivity index (χ3v) is 4.01. The van der Waals surface area contributed by atoms with Crippen LogP contribution in [0.2, 0.25) is 0 Å². The molecule has 0 aromatic rings. The van der Waals surface area contributed by atoms with Crippen LogP contribution in [0, 0.1) is 0 Å². The molecule has 0 radical (unpaired) electrons. The Kier molecular flexibility index (Phi) is 7.91. The zero-order chi connectivity index (χ0) is 17.5. The van der Waals surface area contributed by atoms with E-state index in [1.807, 2.05) is 20.8 Å². The maximum absolute atomic E-state index is 11.9. The highest BCUT2D eigenvalue weighted by Crippen LogP contribution is 2.25. The van der Waals surface area contributed by atoms with Gasteiger partial charge in [0.1, 0.15) is 11.5 Å². The van der Waals surface area contributed by atoms with E-state index in [0.29, 0.717) is 6.54 Å². The predicted molar refractivity (Wildman–Crippen MR) is 90.4 cm³/mol. The van der Waals surface area contributed by atoms with Crippen molar-refractivity contribution in [3.8, 4) is 0 Å². The fourth-order valence-corrected chi connectivity index (χ4v) is 2.95. The second-order valence-corrected chi connectivity index (χ2v) is 7.69. The van der Waals surface area contributed by atoms with Crippen molar-refractivity contribution in [2.75, 3.05) is 19.0 Å². The van der Waals surface area contributed by atoms with Crippen LogP contribution in [0.15, 0.2) is 11.6 Å². The molecule has 1 aliphatic heterocycles. The van der Waals surface area contributed by atoms with Gasteiger partial charge in [0, 0.05) is 17.9 Å². The molecule has 0 aromatic heterocycles. The fraction of sp³-hybridized carbons (Fsp3) is 0.750. The molecule has 1 rings (SSSR count). The summed E-state index contributed by atoms with van der Waals surface area (Å²) in [6, 6.07) is 0. The highest BCUT2D eigenvalue weighted by atomic mass is 32.2. The predicted octanol–water partition coefficient (Wildman–Crippen LogP) is 2.87. The lowest BCUT2D eigenvalue weighted by atomic mass is 10.1. The number of carbonyl (C=O) groups excluding carboxylic acids is 2. The van der Waals surface area contributed by atoms with Crippen molar-refractivity contribution in [1.29, 1.82) is 0 Å². The van der Waals surface area contributed by atoms with E-state index in [-0.39, 0.29) is 23.3 Å². The number of ether oxygens (including phenoxy) is 3. The first-order valence-electron chi connectivity index (χ1n) is 7.76. The van der Waals surface area contributed by atoms with Crippen LogP contribution in [0.25, 0.3) is 0 Å². The Labute approximate surface area is 142 Å². The summed E-state index contributed by atoms with van der Waals surface area (Å²) in [5.41, 5.74) is 0.444. The molecule has 1 aliphatic rings. The van der Waals surface area contributed by atoms with Gasteiger partial charge in [-0.2, -0.15) is 0 Å². The largest absolute Gasteiger partial charge is 0.509 e. The molecular weight excluding hydrogens is 318 g/mol. The number of esters is 1. The maximum Gasteiger partial charge on any atom is 0.509 e. The van der Waals surface area contributed by atoms with Crippen LogP contribution < -0.4 is 5.32 Å². The number of carbonyl (C=O) groups is 2. The first kappa shape index (κ1) is 19.8. The van der Waals surface area contributed by atoms with Gasteiger partial charge in [0.15, 0.2) is 0 Å². The minimum atomic E-state index is -0.667. The van der Waals surface area contributed by atoms with E-state index in [4.69, 9.17) is 14.2 Å². The third kappa shape index (κ3) is 8.86. The molecule has 6 nitrogen and oxygen atoms in total. The number of hydrogen-bond donors (Lipinski definition) is 1. The van der Waals surface area contributed by atoms with Gasteiger partial charge in [-0.3, -0.25) is 0 Å². The molecule has 1 N–H and O–H groups in total. The lowest BCUT2D eigenvalue weighted by molar-refractivity contribution is -0.148. The van der Waals surface area contributed by atoms with Crippen LogP contribution in [0.5, 0.6) is 0 Å². The van der Waals surface area contributed by atoms with Gasteiger partial charge in [-0.25, -0.2) is 9.59 Å². The molecule has 7 heteroatoms. The Morgan fingerprint density at radius 3 is 2.70 bits per heavy atom. The Morgan fingerprint density at radius 2 is 2.09 bits per heavy atom. The monoisotopic (exact) mass is 345 g/mol. The molecule has 1 fully saturated rings. The third-order valence-electron chi connectivity index (χ3n) is 2.81.